The highest BCUT2D eigenvalue weighted by atomic mass is 28.2. The molecule has 0 aliphatic rings. The molecule has 0 atom stereocenters. The molecular weight excluding hydrogens is 480 g/mol. The van der Waals surface area contributed by atoms with Crippen LogP contribution in [-0.4, -0.2) is 43.5 Å². The minimum atomic E-state index is -0.724. The molecule has 0 radical (unpaired) electrons. The molecular formula is C30H42O4Si2. The molecule has 36 heavy (non-hydrogen) atoms. The minimum absolute atomic E-state index is 0.0979. The summed E-state index contributed by atoms with van der Waals surface area (Å²) in [4.78, 5) is 0. The molecule has 3 rings (SSSR count). The first-order valence-corrected chi connectivity index (χ1v) is 15.9. The summed E-state index contributed by atoms with van der Waals surface area (Å²) in [5, 5.41) is 5.33. The summed E-state index contributed by atoms with van der Waals surface area (Å²) >= 11 is 0. The van der Waals surface area contributed by atoms with Gasteiger partial charge in [-0.05, 0) is 77.9 Å². The summed E-state index contributed by atoms with van der Waals surface area (Å²) in [6, 6.07) is 21.7. The van der Waals surface area contributed by atoms with Gasteiger partial charge in [-0.15, -0.1) is 0 Å². The Kier molecular flexibility index (Phi) is 10.1. The van der Waals surface area contributed by atoms with E-state index in [-0.39, 0.29) is 24.4 Å². The van der Waals surface area contributed by atoms with E-state index in [0.29, 0.717) is 0 Å². The lowest BCUT2D eigenvalue weighted by Gasteiger charge is -2.20. The maximum absolute atomic E-state index is 6.23. The molecule has 0 amide bonds. The molecule has 3 aromatic carbocycles. The number of rotatable bonds is 12. The quantitative estimate of drug-likeness (QED) is 0.343. The van der Waals surface area contributed by atoms with Crippen molar-refractivity contribution in [3.63, 3.8) is 0 Å². The van der Waals surface area contributed by atoms with E-state index in [0.717, 1.165) is 23.0 Å². The van der Waals surface area contributed by atoms with Gasteiger partial charge in [0.05, 0.1) is 43.5 Å². The minimum Gasteiger partial charge on any atom is -0.487 e. The summed E-state index contributed by atoms with van der Waals surface area (Å²) in [5.41, 5.74) is 0. The second kappa shape index (κ2) is 13.0. The Bertz CT molecular complexity index is 1020. The van der Waals surface area contributed by atoms with Gasteiger partial charge in [-0.2, -0.15) is 0 Å². The van der Waals surface area contributed by atoms with E-state index >= 15 is 0 Å². The molecule has 3 aromatic rings. The Balaban J connectivity index is 1.82. The maximum atomic E-state index is 6.23. The summed E-state index contributed by atoms with van der Waals surface area (Å²) in [6.45, 7) is 16.5. The van der Waals surface area contributed by atoms with E-state index in [2.05, 4.69) is 76.2 Å². The van der Waals surface area contributed by atoms with Crippen LogP contribution < -0.4 is 39.7 Å². The Labute approximate surface area is 222 Å². The fourth-order valence-corrected chi connectivity index (χ4v) is 7.21. The van der Waals surface area contributed by atoms with Crippen molar-refractivity contribution >= 4 is 39.8 Å². The number of hydrogen-bond acceptors (Lipinski definition) is 4. The van der Waals surface area contributed by atoms with Crippen molar-refractivity contribution in [3.8, 4) is 23.0 Å². The molecule has 0 heterocycles. The zero-order chi connectivity index (χ0) is 26.2. The Morgan fingerprint density at radius 1 is 0.444 bits per heavy atom. The van der Waals surface area contributed by atoms with Crippen LogP contribution in [-0.2, 0) is 0 Å². The van der Waals surface area contributed by atoms with Crippen LogP contribution in [0.15, 0.2) is 60.7 Å². The van der Waals surface area contributed by atoms with Crippen molar-refractivity contribution in [1.29, 1.82) is 0 Å². The largest absolute Gasteiger partial charge is 0.487 e. The zero-order valence-corrected chi connectivity index (χ0v) is 26.0. The third-order valence-electron chi connectivity index (χ3n) is 5.37. The lowest BCUT2D eigenvalue weighted by atomic mass is 10.3. The van der Waals surface area contributed by atoms with E-state index in [1.54, 1.807) is 0 Å². The standard InChI is InChI=1S/C30H42O4Si2/c1-19(2)31-25-11-9-13-27(29(25)33-21(5)6)35-23-15-17-24(18-16-23)36-28-14-10-12-26(32-20(3)4)30(28)34-22(7)8/h9-22H,35-36H2,1-8H3. The van der Waals surface area contributed by atoms with Crippen LogP contribution in [0.25, 0.3) is 0 Å². The van der Waals surface area contributed by atoms with Crippen LogP contribution in [0.1, 0.15) is 55.4 Å². The van der Waals surface area contributed by atoms with Crippen LogP contribution in [0.5, 0.6) is 23.0 Å². The summed E-state index contributed by atoms with van der Waals surface area (Å²) in [6.07, 6.45) is 0.408. The fraction of sp³-hybridized carbons (Fsp3) is 0.400. The molecule has 0 N–H and O–H groups in total. The molecule has 0 bridgehead atoms. The molecule has 194 valence electrons. The van der Waals surface area contributed by atoms with Crippen molar-refractivity contribution in [2.24, 2.45) is 0 Å². The fourth-order valence-electron chi connectivity index (χ4n) is 4.05. The molecule has 0 aromatic heterocycles. The second-order valence-corrected chi connectivity index (χ2v) is 14.2. The van der Waals surface area contributed by atoms with E-state index < -0.39 is 19.0 Å². The van der Waals surface area contributed by atoms with Crippen molar-refractivity contribution in [3.05, 3.63) is 60.7 Å². The predicted molar refractivity (Wildman–Crippen MR) is 158 cm³/mol. The van der Waals surface area contributed by atoms with E-state index in [1.165, 1.54) is 20.7 Å². The Morgan fingerprint density at radius 3 is 1.08 bits per heavy atom. The number of ether oxygens (including phenoxy) is 4. The van der Waals surface area contributed by atoms with Gasteiger partial charge in [0.2, 0.25) is 0 Å². The second-order valence-electron chi connectivity index (χ2n) is 10.3. The number of hydrogen-bond donors (Lipinski definition) is 0. The van der Waals surface area contributed by atoms with Crippen LogP contribution in [0.4, 0.5) is 0 Å². The maximum Gasteiger partial charge on any atom is 0.161 e. The van der Waals surface area contributed by atoms with Gasteiger partial charge in [0.15, 0.2) is 23.0 Å². The van der Waals surface area contributed by atoms with Crippen molar-refractivity contribution in [2.75, 3.05) is 0 Å². The van der Waals surface area contributed by atoms with E-state index in [4.69, 9.17) is 18.9 Å². The van der Waals surface area contributed by atoms with Crippen molar-refractivity contribution in [1.82, 2.24) is 0 Å². The monoisotopic (exact) mass is 522 g/mol. The van der Waals surface area contributed by atoms with Crippen LogP contribution in [0.2, 0.25) is 0 Å². The highest BCUT2D eigenvalue weighted by molar-refractivity contribution is 6.70. The third-order valence-corrected chi connectivity index (χ3v) is 9.00. The van der Waals surface area contributed by atoms with Gasteiger partial charge < -0.3 is 18.9 Å². The molecule has 0 aliphatic heterocycles. The van der Waals surface area contributed by atoms with Crippen LogP contribution in [0, 0.1) is 0 Å². The van der Waals surface area contributed by atoms with Gasteiger partial charge >= 0.3 is 0 Å². The zero-order valence-electron chi connectivity index (χ0n) is 23.1. The van der Waals surface area contributed by atoms with Gasteiger partial charge in [0.25, 0.3) is 0 Å². The highest BCUT2D eigenvalue weighted by Crippen LogP contribution is 2.27. The van der Waals surface area contributed by atoms with Gasteiger partial charge in [-0.1, -0.05) is 58.9 Å². The topological polar surface area (TPSA) is 36.9 Å². The molecule has 6 heteroatoms. The summed E-state index contributed by atoms with van der Waals surface area (Å²) in [7, 11) is -1.45. The molecule has 0 spiro atoms. The summed E-state index contributed by atoms with van der Waals surface area (Å²) < 4.78 is 24.6. The molecule has 0 saturated carbocycles. The molecule has 4 nitrogen and oxygen atoms in total. The van der Waals surface area contributed by atoms with E-state index in [1.807, 2.05) is 39.8 Å². The highest BCUT2D eigenvalue weighted by Gasteiger charge is 2.17. The lowest BCUT2D eigenvalue weighted by molar-refractivity contribution is 0.200. The predicted octanol–water partition coefficient (Wildman–Crippen LogP) is 3.07. The molecule has 0 aliphatic carbocycles. The molecule has 0 fully saturated rings. The Morgan fingerprint density at radius 2 is 0.778 bits per heavy atom. The van der Waals surface area contributed by atoms with Gasteiger partial charge in [0.1, 0.15) is 0 Å². The van der Waals surface area contributed by atoms with E-state index in [9.17, 15) is 0 Å². The average Bonchev–Trinajstić information content (AvgIpc) is 2.78. The van der Waals surface area contributed by atoms with Crippen molar-refractivity contribution < 1.29 is 18.9 Å². The average molecular weight is 523 g/mol. The van der Waals surface area contributed by atoms with Crippen LogP contribution >= 0.6 is 0 Å². The first-order chi connectivity index (χ1) is 17.1. The molecule has 0 unspecified atom stereocenters. The van der Waals surface area contributed by atoms with Crippen molar-refractivity contribution in [2.45, 2.75) is 79.8 Å². The lowest BCUT2D eigenvalue weighted by Crippen LogP contribution is -2.33. The summed E-state index contributed by atoms with van der Waals surface area (Å²) in [5.74, 6) is 3.50. The van der Waals surface area contributed by atoms with Crippen LogP contribution in [0.3, 0.4) is 0 Å². The first-order valence-electron chi connectivity index (χ1n) is 13.1. The first kappa shape index (κ1) is 27.9. The van der Waals surface area contributed by atoms with Gasteiger partial charge in [0, 0.05) is 0 Å². The molecule has 0 saturated heterocycles. The Hall–Kier alpha value is -2.71. The number of para-hydroxylation sites is 2. The van der Waals surface area contributed by atoms with Gasteiger partial charge in [-0.25, -0.2) is 0 Å². The SMILES string of the molecule is CC(C)Oc1cccc([SiH2]c2ccc([SiH2]c3cccc(OC(C)C)c3OC(C)C)cc2)c1OC(C)C. The smallest absolute Gasteiger partial charge is 0.161 e. The normalized spacial score (nSPS) is 12.1. The third kappa shape index (κ3) is 8.17. The number of benzene rings is 3. The van der Waals surface area contributed by atoms with Gasteiger partial charge in [-0.3, -0.25) is 0 Å².